The van der Waals surface area contributed by atoms with Gasteiger partial charge in [0.05, 0.1) is 19.9 Å². The number of aryl methyl sites for hydroxylation is 1. The Morgan fingerprint density at radius 3 is 2.30 bits per heavy atom. The lowest BCUT2D eigenvalue weighted by molar-refractivity contribution is 0.251. The van der Waals surface area contributed by atoms with Crippen molar-refractivity contribution in [2.45, 2.75) is 11.8 Å². The molecule has 0 aliphatic heterocycles. The summed E-state index contributed by atoms with van der Waals surface area (Å²) in [5.74, 6) is 0.182. The molecule has 0 fully saturated rings. The van der Waals surface area contributed by atoms with Crippen molar-refractivity contribution < 1.29 is 22.7 Å². The third kappa shape index (κ3) is 4.09. The largest absolute Gasteiger partial charge is 0.467 e. The van der Waals surface area contributed by atoms with Crippen molar-refractivity contribution in [1.82, 2.24) is 39.9 Å². The quantitative estimate of drug-likeness (QED) is 0.540. The number of carbonyl (C=O) groups excluding carboxylic acids is 1. The van der Waals surface area contributed by atoms with Gasteiger partial charge in [0.15, 0.2) is 5.82 Å². The Morgan fingerprint density at radius 2 is 1.73 bits per heavy atom. The monoisotopic (exact) mass is 435 g/mol. The van der Waals surface area contributed by atoms with Crippen LogP contribution in [-0.2, 0) is 10.0 Å². The van der Waals surface area contributed by atoms with Crippen LogP contribution in [0.15, 0.2) is 29.2 Å². The number of tetrazole rings is 1. The highest BCUT2D eigenvalue weighted by molar-refractivity contribution is 7.90. The number of benzene rings is 1. The van der Waals surface area contributed by atoms with Crippen LogP contribution in [0.1, 0.15) is 5.82 Å². The standard InChI is InChI=1S/C15H17N9O5S/c1-9-19-21-22-24(9)10-7-5-6-8-11(10)30(26,27)20-15(25)23(2)12-16-13(28-3)18-14(17-12)29-4/h5-8H,1-4H3,(H,20,25). The fourth-order valence-electron chi connectivity index (χ4n) is 2.30. The van der Waals surface area contributed by atoms with Gasteiger partial charge in [-0.3, -0.25) is 4.90 Å². The summed E-state index contributed by atoms with van der Waals surface area (Å²) < 4.78 is 38.9. The molecule has 1 N–H and O–H groups in total. The fraction of sp³-hybridized carbons (Fsp3) is 0.267. The Hall–Kier alpha value is -3.88. The highest BCUT2D eigenvalue weighted by atomic mass is 32.2. The number of para-hydroxylation sites is 1. The first-order chi connectivity index (χ1) is 14.3. The molecule has 0 saturated heterocycles. The zero-order chi connectivity index (χ0) is 21.9. The molecule has 2 heterocycles. The second-order valence-corrected chi connectivity index (χ2v) is 7.33. The zero-order valence-electron chi connectivity index (χ0n) is 16.3. The van der Waals surface area contributed by atoms with E-state index in [1.54, 1.807) is 13.0 Å². The molecular formula is C15H17N9O5S. The van der Waals surface area contributed by atoms with Gasteiger partial charge < -0.3 is 9.47 Å². The van der Waals surface area contributed by atoms with E-state index in [4.69, 9.17) is 9.47 Å². The van der Waals surface area contributed by atoms with Crippen molar-refractivity contribution in [3.63, 3.8) is 0 Å². The minimum atomic E-state index is -4.31. The van der Waals surface area contributed by atoms with Gasteiger partial charge in [-0.1, -0.05) is 12.1 Å². The molecule has 15 heteroatoms. The minimum absolute atomic E-state index is 0.112. The van der Waals surface area contributed by atoms with Gasteiger partial charge >= 0.3 is 18.1 Å². The van der Waals surface area contributed by atoms with Crippen LogP contribution < -0.4 is 19.1 Å². The summed E-state index contributed by atoms with van der Waals surface area (Å²) in [6, 6.07) is 4.71. The van der Waals surface area contributed by atoms with E-state index in [0.717, 1.165) is 4.90 Å². The Labute approximate surface area is 170 Å². The van der Waals surface area contributed by atoms with E-state index in [0.29, 0.717) is 5.82 Å². The highest BCUT2D eigenvalue weighted by Gasteiger charge is 2.26. The van der Waals surface area contributed by atoms with E-state index in [1.165, 1.54) is 44.1 Å². The van der Waals surface area contributed by atoms with Gasteiger partial charge in [-0.15, -0.1) is 10.1 Å². The van der Waals surface area contributed by atoms with Gasteiger partial charge in [0.25, 0.3) is 10.0 Å². The molecule has 30 heavy (non-hydrogen) atoms. The van der Waals surface area contributed by atoms with Gasteiger partial charge in [0.1, 0.15) is 4.90 Å². The number of hydrogen-bond acceptors (Lipinski definition) is 11. The lowest BCUT2D eigenvalue weighted by Crippen LogP contribution is -2.41. The summed E-state index contributed by atoms with van der Waals surface area (Å²) in [6.45, 7) is 1.61. The molecule has 0 atom stereocenters. The molecule has 0 aliphatic carbocycles. The molecule has 14 nitrogen and oxygen atoms in total. The third-order valence-electron chi connectivity index (χ3n) is 3.78. The zero-order valence-corrected chi connectivity index (χ0v) is 17.2. The Bertz CT molecular complexity index is 1160. The number of ether oxygens (including phenoxy) is 2. The molecule has 3 aromatic rings. The predicted octanol–water partition coefficient (Wildman–Crippen LogP) is -0.292. The highest BCUT2D eigenvalue weighted by Crippen LogP contribution is 2.20. The number of nitrogens with one attached hydrogen (secondary N) is 1. The van der Waals surface area contributed by atoms with Gasteiger partial charge in [0.2, 0.25) is 5.95 Å². The van der Waals surface area contributed by atoms with E-state index in [2.05, 4.69) is 30.5 Å². The van der Waals surface area contributed by atoms with E-state index in [-0.39, 0.29) is 28.6 Å². The fourth-order valence-corrected chi connectivity index (χ4v) is 3.47. The number of methoxy groups -OCH3 is 2. The molecule has 158 valence electrons. The Balaban J connectivity index is 1.92. The number of carbonyl (C=O) groups is 1. The summed E-state index contributed by atoms with van der Waals surface area (Å²) in [5, 5.41) is 11.0. The number of nitrogens with zero attached hydrogens (tertiary/aromatic N) is 8. The number of anilines is 1. The molecule has 0 aliphatic rings. The lowest BCUT2D eigenvalue weighted by Gasteiger charge is -2.17. The van der Waals surface area contributed by atoms with Crippen LogP contribution >= 0.6 is 0 Å². The minimum Gasteiger partial charge on any atom is -0.467 e. The van der Waals surface area contributed by atoms with Gasteiger partial charge in [-0.25, -0.2) is 17.9 Å². The second-order valence-electron chi connectivity index (χ2n) is 5.68. The third-order valence-corrected chi connectivity index (χ3v) is 5.15. The molecule has 0 unspecified atom stereocenters. The molecule has 3 rings (SSSR count). The van der Waals surface area contributed by atoms with Crippen molar-refractivity contribution in [1.29, 1.82) is 0 Å². The molecule has 0 bridgehead atoms. The first-order valence-corrected chi connectivity index (χ1v) is 9.74. The SMILES string of the molecule is COc1nc(OC)nc(N(C)C(=O)NS(=O)(=O)c2ccccc2-n2nnnc2C)n1. The lowest BCUT2D eigenvalue weighted by atomic mass is 10.3. The van der Waals surface area contributed by atoms with Gasteiger partial charge in [0, 0.05) is 7.05 Å². The number of rotatable bonds is 6. The van der Waals surface area contributed by atoms with Gasteiger partial charge in [-0.05, 0) is 29.5 Å². The number of hydrogen-bond donors (Lipinski definition) is 1. The molecule has 0 spiro atoms. The average molecular weight is 435 g/mol. The van der Waals surface area contributed by atoms with Crippen LogP contribution in [0.4, 0.5) is 10.7 Å². The van der Waals surface area contributed by atoms with Crippen molar-refractivity contribution in [2.75, 3.05) is 26.2 Å². The molecule has 2 amide bonds. The Morgan fingerprint density at radius 1 is 1.10 bits per heavy atom. The summed E-state index contributed by atoms with van der Waals surface area (Å²) in [7, 11) is -0.393. The van der Waals surface area contributed by atoms with Crippen LogP contribution in [0.3, 0.4) is 0 Å². The summed E-state index contributed by atoms with van der Waals surface area (Å²) in [6.07, 6.45) is 0. The van der Waals surface area contributed by atoms with Crippen molar-refractivity contribution in [2.24, 2.45) is 0 Å². The summed E-state index contributed by atoms with van der Waals surface area (Å²) in [5.41, 5.74) is 0.173. The smallest absolute Gasteiger partial charge is 0.337 e. The number of sulfonamides is 1. The van der Waals surface area contributed by atoms with E-state index in [9.17, 15) is 13.2 Å². The van der Waals surface area contributed by atoms with Crippen LogP contribution in [0.2, 0.25) is 0 Å². The topological polar surface area (TPSA) is 167 Å². The van der Waals surface area contributed by atoms with Gasteiger partial charge in [-0.2, -0.15) is 14.6 Å². The molecule has 0 radical (unpaired) electrons. The van der Waals surface area contributed by atoms with Crippen LogP contribution in [0.5, 0.6) is 12.0 Å². The Kier molecular flexibility index (Phi) is 5.72. The maximum Gasteiger partial charge on any atom is 0.337 e. The maximum atomic E-state index is 12.9. The molecular weight excluding hydrogens is 418 g/mol. The van der Waals surface area contributed by atoms with Crippen molar-refractivity contribution in [3.05, 3.63) is 30.1 Å². The van der Waals surface area contributed by atoms with E-state index < -0.39 is 16.1 Å². The maximum absolute atomic E-state index is 12.9. The molecule has 2 aromatic heterocycles. The first kappa shape index (κ1) is 20.8. The van der Waals surface area contributed by atoms with Crippen LogP contribution in [0, 0.1) is 6.92 Å². The number of amides is 2. The average Bonchev–Trinajstić information content (AvgIpc) is 3.18. The second kappa shape index (κ2) is 8.24. The number of aromatic nitrogens is 7. The normalized spacial score (nSPS) is 11.1. The van der Waals surface area contributed by atoms with E-state index in [1.807, 2.05) is 4.72 Å². The van der Waals surface area contributed by atoms with Crippen LogP contribution in [-0.4, -0.2) is 70.9 Å². The van der Waals surface area contributed by atoms with Crippen molar-refractivity contribution >= 4 is 22.0 Å². The van der Waals surface area contributed by atoms with E-state index >= 15 is 0 Å². The van der Waals surface area contributed by atoms with Crippen LogP contribution in [0.25, 0.3) is 5.69 Å². The van der Waals surface area contributed by atoms with Crippen molar-refractivity contribution in [3.8, 4) is 17.7 Å². The predicted molar refractivity (Wildman–Crippen MR) is 101 cm³/mol. The molecule has 1 aromatic carbocycles. The summed E-state index contributed by atoms with van der Waals surface area (Å²) in [4.78, 5) is 24.9. The first-order valence-electron chi connectivity index (χ1n) is 8.25. The number of urea groups is 1. The molecule has 0 saturated carbocycles. The summed E-state index contributed by atoms with van der Waals surface area (Å²) >= 11 is 0.